The molecule has 0 spiro atoms. The molecule has 3 rings (SSSR count). The largest absolute Gasteiger partial charge is 0.387 e. The third kappa shape index (κ3) is 4.58. The van der Waals surface area contributed by atoms with Crippen LogP contribution in [-0.2, 0) is 11.8 Å². The van der Waals surface area contributed by atoms with Gasteiger partial charge in [-0.1, -0.05) is 23.7 Å². The number of nitrogens with one attached hydrogen (secondary N) is 1. The van der Waals surface area contributed by atoms with E-state index in [1.54, 1.807) is 41.0 Å². The summed E-state index contributed by atoms with van der Waals surface area (Å²) in [5, 5.41) is 18.2. The molecule has 1 unspecified atom stereocenters. The molecule has 1 amide bonds. The van der Waals surface area contributed by atoms with Gasteiger partial charge < -0.3 is 20.2 Å². The minimum Gasteiger partial charge on any atom is -0.387 e. The van der Waals surface area contributed by atoms with Crippen molar-refractivity contribution in [3.05, 3.63) is 47.2 Å². The number of anilines is 1. The highest BCUT2D eigenvalue weighted by Gasteiger charge is 2.27. The summed E-state index contributed by atoms with van der Waals surface area (Å²) in [6.07, 6.45) is 2.78. The van der Waals surface area contributed by atoms with Crippen molar-refractivity contribution in [2.24, 2.45) is 12.0 Å². The lowest BCUT2D eigenvalue weighted by Crippen LogP contribution is -2.55. The average Bonchev–Trinajstić information content (AvgIpc) is 3.08. The van der Waals surface area contributed by atoms with Crippen molar-refractivity contribution in [2.45, 2.75) is 6.10 Å². The Morgan fingerprint density at radius 1 is 1.44 bits per heavy atom. The van der Waals surface area contributed by atoms with E-state index >= 15 is 0 Å². The van der Waals surface area contributed by atoms with Gasteiger partial charge in [-0.25, -0.2) is 0 Å². The Bertz CT molecular complexity index is 837. The van der Waals surface area contributed by atoms with Crippen molar-refractivity contribution in [3.8, 4) is 0 Å². The van der Waals surface area contributed by atoms with Crippen LogP contribution in [0.5, 0.6) is 0 Å². The first-order chi connectivity index (χ1) is 13.0. The average molecular weight is 391 g/mol. The number of aliphatic imine (C=N–C) groups is 1. The summed E-state index contributed by atoms with van der Waals surface area (Å²) in [7, 11) is 3.48. The topological polar surface area (TPSA) is 86.0 Å². The predicted molar refractivity (Wildman–Crippen MR) is 105 cm³/mol. The number of aromatic nitrogens is 2. The number of aryl methyl sites for hydroxylation is 1. The Kier molecular flexibility index (Phi) is 5.98. The molecular weight excluding hydrogens is 368 g/mol. The second kappa shape index (κ2) is 8.41. The first-order valence-corrected chi connectivity index (χ1v) is 9.04. The molecule has 2 N–H and O–H groups in total. The van der Waals surface area contributed by atoms with Gasteiger partial charge in [-0.2, -0.15) is 5.10 Å². The van der Waals surface area contributed by atoms with E-state index in [0.29, 0.717) is 24.1 Å². The van der Waals surface area contributed by atoms with Crippen molar-refractivity contribution >= 4 is 29.2 Å². The maximum atomic E-state index is 12.5. The molecule has 1 aromatic carbocycles. The molecule has 9 heteroatoms. The number of carbonyl (C=O) groups is 1. The van der Waals surface area contributed by atoms with Gasteiger partial charge in [0.2, 0.25) is 5.91 Å². The number of aliphatic hydroxyl groups is 1. The highest BCUT2D eigenvalue weighted by Crippen LogP contribution is 2.18. The van der Waals surface area contributed by atoms with Crippen molar-refractivity contribution < 1.29 is 9.90 Å². The molecule has 0 saturated carbocycles. The molecule has 1 aliphatic rings. The molecule has 1 aromatic heterocycles. The van der Waals surface area contributed by atoms with E-state index in [2.05, 4.69) is 15.4 Å². The summed E-state index contributed by atoms with van der Waals surface area (Å²) in [5.74, 6) is 0.558. The van der Waals surface area contributed by atoms with E-state index in [1.165, 1.54) is 0 Å². The molecular formula is C18H23ClN6O2. The number of amides is 1. The summed E-state index contributed by atoms with van der Waals surface area (Å²) in [4.78, 5) is 20.4. The fraction of sp³-hybridized carbons (Fsp3) is 0.389. The van der Waals surface area contributed by atoms with Crippen LogP contribution in [0.4, 0.5) is 5.69 Å². The summed E-state index contributed by atoms with van der Waals surface area (Å²) < 4.78 is 1.67. The van der Waals surface area contributed by atoms with E-state index in [4.69, 9.17) is 11.6 Å². The van der Waals surface area contributed by atoms with Crippen LogP contribution in [-0.4, -0.2) is 64.9 Å². The predicted octanol–water partition coefficient (Wildman–Crippen LogP) is 1.03. The SMILES string of the molecule is CN=C(NCC(O)c1cccc(Cl)c1)N1CCN(c2cnn(C)c2)C(=O)C1. The van der Waals surface area contributed by atoms with Gasteiger partial charge in [0.25, 0.3) is 0 Å². The summed E-state index contributed by atoms with van der Waals surface area (Å²) in [6, 6.07) is 7.10. The quantitative estimate of drug-likeness (QED) is 0.601. The highest BCUT2D eigenvalue weighted by atomic mass is 35.5. The Balaban J connectivity index is 1.58. The van der Waals surface area contributed by atoms with Gasteiger partial charge in [-0.05, 0) is 17.7 Å². The van der Waals surface area contributed by atoms with Crippen LogP contribution in [0.25, 0.3) is 0 Å². The highest BCUT2D eigenvalue weighted by molar-refractivity contribution is 6.30. The number of guanidine groups is 1. The molecule has 0 radical (unpaired) electrons. The van der Waals surface area contributed by atoms with Crippen LogP contribution in [0, 0.1) is 0 Å². The molecule has 1 atom stereocenters. The summed E-state index contributed by atoms with van der Waals surface area (Å²) in [6.45, 7) is 1.65. The molecule has 0 aliphatic carbocycles. The lowest BCUT2D eigenvalue weighted by Gasteiger charge is -2.35. The first kappa shape index (κ1) is 19.2. The normalized spacial score (nSPS) is 16.6. The molecule has 1 fully saturated rings. The van der Waals surface area contributed by atoms with E-state index in [-0.39, 0.29) is 19.0 Å². The van der Waals surface area contributed by atoms with Crippen molar-refractivity contribution in [1.29, 1.82) is 0 Å². The maximum Gasteiger partial charge on any atom is 0.246 e. The third-order valence-corrected chi connectivity index (χ3v) is 4.66. The maximum absolute atomic E-state index is 12.5. The van der Waals surface area contributed by atoms with E-state index in [1.807, 2.05) is 24.2 Å². The van der Waals surface area contributed by atoms with Crippen molar-refractivity contribution in [2.75, 3.05) is 38.1 Å². The second-order valence-electron chi connectivity index (χ2n) is 6.34. The number of carbonyl (C=O) groups excluding carboxylic acids is 1. The smallest absolute Gasteiger partial charge is 0.246 e. The number of nitrogens with zero attached hydrogens (tertiary/aromatic N) is 5. The zero-order valence-electron chi connectivity index (χ0n) is 15.3. The van der Waals surface area contributed by atoms with Gasteiger partial charge in [-0.15, -0.1) is 0 Å². The number of aliphatic hydroxyl groups excluding tert-OH is 1. The number of rotatable bonds is 4. The number of hydrogen-bond donors (Lipinski definition) is 2. The summed E-state index contributed by atoms with van der Waals surface area (Å²) in [5.41, 5.74) is 1.52. The molecule has 2 heterocycles. The van der Waals surface area contributed by atoms with Gasteiger partial charge >= 0.3 is 0 Å². The van der Waals surface area contributed by atoms with Crippen LogP contribution < -0.4 is 10.2 Å². The van der Waals surface area contributed by atoms with Crippen molar-refractivity contribution in [1.82, 2.24) is 20.0 Å². The molecule has 1 saturated heterocycles. The van der Waals surface area contributed by atoms with Gasteiger partial charge in [0.15, 0.2) is 5.96 Å². The fourth-order valence-electron chi connectivity index (χ4n) is 3.03. The monoisotopic (exact) mass is 390 g/mol. The van der Waals surface area contributed by atoms with Gasteiger partial charge in [-0.3, -0.25) is 14.5 Å². The van der Waals surface area contributed by atoms with E-state index in [0.717, 1.165) is 11.3 Å². The van der Waals surface area contributed by atoms with Crippen LogP contribution in [0.1, 0.15) is 11.7 Å². The van der Waals surface area contributed by atoms with Crippen LogP contribution >= 0.6 is 11.6 Å². The zero-order chi connectivity index (χ0) is 19.4. The minimum absolute atomic E-state index is 0.0208. The first-order valence-electron chi connectivity index (χ1n) is 8.66. The van der Waals surface area contributed by atoms with E-state index < -0.39 is 6.10 Å². The van der Waals surface area contributed by atoms with Crippen LogP contribution in [0.15, 0.2) is 41.7 Å². The molecule has 1 aliphatic heterocycles. The van der Waals surface area contributed by atoms with Gasteiger partial charge in [0, 0.05) is 44.9 Å². The molecule has 2 aromatic rings. The molecule has 144 valence electrons. The lowest BCUT2D eigenvalue weighted by molar-refractivity contribution is -0.120. The fourth-order valence-corrected chi connectivity index (χ4v) is 3.23. The van der Waals surface area contributed by atoms with Crippen LogP contribution in [0.3, 0.4) is 0 Å². The van der Waals surface area contributed by atoms with E-state index in [9.17, 15) is 9.90 Å². The van der Waals surface area contributed by atoms with Gasteiger partial charge in [0.1, 0.15) is 6.54 Å². The van der Waals surface area contributed by atoms with Crippen molar-refractivity contribution in [3.63, 3.8) is 0 Å². The third-order valence-electron chi connectivity index (χ3n) is 4.42. The Hall–Kier alpha value is -2.58. The molecule has 27 heavy (non-hydrogen) atoms. The summed E-state index contributed by atoms with van der Waals surface area (Å²) >= 11 is 5.97. The minimum atomic E-state index is -0.729. The Labute approximate surface area is 163 Å². The number of halogens is 1. The number of piperazine rings is 1. The van der Waals surface area contributed by atoms with Crippen LogP contribution in [0.2, 0.25) is 5.02 Å². The lowest BCUT2D eigenvalue weighted by atomic mass is 10.1. The number of benzene rings is 1. The zero-order valence-corrected chi connectivity index (χ0v) is 16.1. The number of hydrogen-bond acceptors (Lipinski definition) is 4. The second-order valence-corrected chi connectivity index (χ2v) is 6.77. The Morgan fingerprint density at radius 2 is 2.26 bits per heavy atom. The molecule has 8 nitrogen and oxygen atoms in total. The van der Waals surface area contributed by atoms with Gasteiger partial charge in [0.05, 0.1) is 18.0 Å². The Morgan fingerprint density at radius 3 is 2.89 bits per heavy atom. The standard InChI is InChI=1S/C18H23ClN6O2/c1-20-18(21-10-16(26)13-4-3-5-14(19)8-13)24-6-7-25(17(27)12-24)15-9-22-23(2)11-15/h3-5,8-9,11,16,26H,6-7,10,12H2,1-2H3,(H,20,21). The molecule has 0 bridgehead atoms.